The summed E-state index contributed by atoms with van der Waals surface area (Å²) in [5.74, 6) is -1.59. The van der Waals surface area contributed by atoms with Crippen LogP contribution in [-0.4, -0.2) is 30.0 Å². The Morgan fingerprint density at radius 1 is 1.11 bits per heavy atom. The first-order valence-corrected chi connectivity index (χ1v) is 11.3. The van der Waals surface area contributed by atoms with Crippen LogP contribution >= 0.6 is 0 Å². The lowest BCUT2D eigenvalue weighted by Gasteiger charge is -2.15. The lowest BCUT2D eigenvalue weighted by atomic mass is 10.1. The van der Waals surface area contributed by atoms with Crippen LogP contribution in [0.25, 0.3) is 0 Å². The molecule has 0 saturated carbocycles. The molecule has 2 aromatic carbocycles. The number of aromatic nitrogens is 1. The molecular formula is C26H26F4N4O3. The summed E-state index contributed by atoms with van der Waals surface area (Å²) >= 11 is 0. The number of aryl methyl sites for hydroxylation is 1. The zero-order valence-corrected chi connectivity index (χ0v) is 19.9. The highest BCUT2D eigenvalue weighted by Gasteiger charge is 2.34. The van der Waals surface area contributed by atoms with Crippen molar-refractivity contribution in [2.24, 2.45) is 11.7 Å². The largest absolute Gasteiger partial charge is 0.418 e. The van der Waals surface area contributed by atoms with E-state index in [1.807, 2.05) is 6.92 Å². The van der Waals surface area contributed by atoms with Crippen LogP contribution in [0, 0.1) is 18.7 Å². The number of carbonyl (C=O) groups excluding carboxylic acids is 2. The molecule has 1 fully saturated rings. The molecule has 37 heavy (non-hydrogen) atoms. The summed E-state index contributed by atoms with van der Waals surface area (Å²) in [4.78, 5) is 26.3. The minimum absolute atomic E-state index is 0.0733. The SMILES string of the molecule is Cc1cncc(C(N)=O)c1.O=C(NCc1ccc(Nc2ccc(F)cc2C(F)(F)F)cc1)[C@@H]1CCOC1. The van der Waals surface area contributed by atoms with Gasteiger partial charge in [-0.05, 0) is 60.9 Å². The maximum atomic E-state index is 13.2. The van der Waals surface area contributed by atoms with Crippen molar-refractivity contribution in [1.82, 2.24) is 10.3 Å². The Kier molecular flexibility index (Phi) is 9.18. The summed E-state index contributed by atoms with van der Waals surface area (Å²) < 4.78 is 57.5. The van der Waals surface area contributed by atoms with Gasteiger partial charge in [-0.2, -0.15) is 13.2 Å². The zero-order chi connectivity index (χ0) is 27.0. The number of primary amides is 1. The fraction of sp³-hybridized carbons (Fsp3) is 0.269. The van der Waals surface area contributed by atoms with Gasteiger partial charge in [0.05, 0.1) is 29.3 Å². The van der Waals surface area contributed by atoms with Crippen molar-refractivity contribution in [2.75, 3.05) is 18.5 Å². The van der Waals surface area contributed by atoms with E-state index in [1.54, 1.807) is 36.5 Å². The molecule has 2 heterocycles. The summed E-state index contributed by atoms with van der Waals surface area (Å²) in [6.07, 6.45) is -0.839. The van der Waals surface area contributed by atoms with Crippen LogP contribution in [0.15, 0.2) is 60.9 Å². The van der Waals surface area contributed by atoms with Crippen LogP contribution in [-0.2, 0) is 22.3 Å². The molecule has 2 amide bonds. The predicted octanol–water partition coefficient (Wildman–Crippen LogP) is 4.73. The van der Waals surface area contributed by atoms with Gasteiger partial charge in [0.1, 0.15) is 5.82 Å². The number of nitrogens with two attached hydrogens (primary N) is 1. The molecule has 0 aliphatic carbocycles. The molecule has 4 N–H and O–H groups in total. The lowest BCUT2D eigenvalue weighted by Crippen LogP contribution is -2.30. The van der Waals surface area contributed by atoms with E-state index >= 15 is 0 Å². The third-order valence-corrected chi connectivity index (χ3v) is 5.45. The highest BCUT2D eigenvalue weighted by Crippen LogP contribution is 2.36. The van der Waals surface area contributed by atoms with Crippen LogP contribution in [0.3, 0.4) is 0 Å². The summed E-state index contributed by atoms with van der Waals surface area (Å²) in [5, 5.41) is 5.47. The van der Waals surface area contributed by atoms with Gasteiger partial charge in [-0.1, -0.05) is 12.1 Å². The Labute approximate surface area is 211 Å². The number of amides is 2. The van der Waals surface area contributed by atoms with Crippen LogP contribution in [0.2, 0.25) is 0 Å². The molecule has 1 aliphatic rings. The second kappa shape index (κ2) is 12.3. The molecule has 7 nitrogen and oxygen atoms in total. The molecule has 0 radical (unpaired) electrons. The second-order valence-electron chi connectivity index (χ2n) is 8.40. The topological polar surface area (TPSA) is 106 Å². The van der Waals surface area contributed by atoms with E-state index < -0.39 is 23.5 Å². The van der Waals surface area contributed by atoms with Gasteiger partial charge >= 0.3 is 6.18 Å². The van der Waals surface area contributed by atoms with E-state index in [0.717, 1.165) is 23.3 Å². The Bertz CT molecular complexity index is 1230. The molecule has 1 saturated heterocycles. The number of rotatable bonds is 6. The lowest BCUT2D eigenvalue weighted by molar-refractivity contribution is -0.137. The minimum Gasteiger partial charge on any atom is -0.381 e. The van der Waals surface area contributed by atoms with Crippen molar-refractivity contribution in [3.05, 3.63) is 89.0 Å². The van der Waals surface area contributed by atoms with Gasteiger partial charge in [-0.3, -0.25) is 14.6 Å². The molecule has 0 spiro atoms. The third-order valence-electron chi connectivity index (χ3n) is 5.45. The van der Waals surface area contributed by atoms with Crippen molar-refractivity contribution >= 4 is 23.2 Å². The fourth-order valence-corrected chi connectivity index (χ4v) is 3.49. The molecule has 196 valence electrons. The number of halogens is 4. The number of benzene rings is 2. The fourth-order valence-electron chi connectivity index (χ4n) is 3.49. The number of pyridine rings is 1. The smallest absolute Gasteiger partial charge is 0.381 e. The average Bonchev–Trinajstić information content (AvgIpc) is 3.39. The summed E-state index contributed by atoms with van der Waals surface area (Å²) in [7, 11) is 0. The minimum atomic E-state index is -4.67. The number of alkyl halides is 3. The van der Waals surface area contributed by atoms with Gasteiger partial charge in [0.2, 0.25) is 11.8 Å². The van der Waals surface area contributed by atoms with Crippen LogP contribution in [0.1, 0.15) is 33.5 Å². The van der Waals surface area contributed by atoms with Gasteiger partial charge in [0.25, 0.3) is 0 Å². The normalized spacial score (nSPS) is 14.9. The van der Waals surface area contributed by atoms with Crippen LogP contribution < -0.4 is 16.4 Å². The monoisotopic (exact) mass is 518 g/mol. The highest BCUT2D eigenvalue weighted by molar-refractivity contribution is 5.92. The first-order chi connectivity index (χ1) is 17.5. The standard InChI is InChI=1S/C19H18F4N2O2.C7H8N2O/c20-14-3-6-17(16(9-14)19(21,22)23)25-15-4-1-12(2-5-15)10-24-18(26)13-7-8-27-11-13;1-5-2-6(7(8)10)4-9-3-5/h1-6,9,13,25H,7-8,10-11H2,(H,24,26);2-4H,1H3,(H2,8,10)/t13-;/m1./s1. The summed E-state index contributed by atoms with van der Waals surface area (Å²) in [5.41, 5.74) is 6.33. The van der Waals surface area contributed by atoms with Crippen molar-refractivity contribution in [3.8, 4) is 0 Å². The Hall–Kier alpha value is -3.99. The van der Waals surface area contributed by atoms with Gasteiger partial charge in [-0.15, -0.1) is 0 Å². The molecule has 1 aliphatic heterocycles. The number of hydrogen-bond donors (Lipinski definition) is 3. The maximum absolute atomic E-state index is 13.2. The van der Waals surface area contributed by atoms with E-state index in [4.69, 9.17) is 10.5 Å². The molecule has 1 aromatic heterocycles. The second-order valence-corrected chi connectivity index (χ2v) is 8.40. The van der Waals surface area contributed by atoms with Crippen LogP contribution in [0.4, 0.5) is 28.9 Å². The number of carbonyl (C=O) groups is 2. The maximum Gasteiger partial charge on any atom is 0.418 e. The van der Waals surface area contributed by atoms with E-state index in [2.05, 4.69) is 15.6 Å². The Morgan fingerprint density at radius 2 is 1.84 bits per heavy atom. The van der Waals surface area contributed by atoms with Gasteiger partial charge < -0.3 is 21.1 Å². The number of hydrogen-bond acceptors (Lipinski definition) is 5. The van der Waals surface area contributed by atoms with E-state index in [9.17, 15) is 27.2 Å². The highest BCUT2D eigenvalue weighted by atomic mass is 19.4. The Morgan fingerprint density at radius 3 is 2.41 bits per heavy atom. The van der Waals surface area contributed by atoms with E-state index in [0.29, 0.717) is 43.5 Å². The molecule has 0 unspecified atom stereocenters. The van der Waals surface area contributed by atoms with Crippen LogP contribution in [0.5, 0.6) is 0 Å². The third kappa shape index (κ3) is 8.28. The predicted molar refractivity (Wildman–Crippen MR) is 129 cm³/mol. The van der Waals surface area contributed by atoms with Crippen molar-refractivity contribution in [3.63, 3.8) is 0 Å². The molecule has 11 heteroatoms. The van der Waals surface area contributed by atoms with Crippen molar-refractivity contribution in [2.45, 2.75) is 26.1 Å². The number of nitrogens with one attached hydrogen (secondary N) is 2. The quantitative estimate of drug-likeness (QED) is 0.409. The number of anilines is 2. The molecule has 1 atom stereocenters. The van der Waals surface area contributed by atoms with Gasteiger partial charge in [0.15, 0.2) is 0 Å². The first kappa shape index (κ1) is 27.6. The molecule has 0 bridgehead atoms. The molecule has 3 aromatic rings. The molecular weight excluding hydrogens is 492 g/mol. The van der Waals surface area contributed by atoms with Crippen molar-refractivity contribution in [1.29, 1.82) is 0 Å². The van der Waals surface area contributed by atoms with E-state index in [-0.39, 0.29) is 17.5 Å². The zero-order valence-electron chi connectivity index (χ0n) is 19.9. The summed E-state index contributed by atoms with van der Waals surface area (Å²) in [6.45, 7) is 3.19. The number of ether oxygens (including phenoxy) is 1. The number of nitrogens with zero attached hydrogens (tertiary/aromatic N) is 1. The summed E-state index contributed by atoms with van der Waals surface area (Å²) in [6, 6.07) is 10.8. The first-order valence-electron chi connectivity index (χ1n) is 11.3. The average molecular weight is 519 g/mol. The van der Waals surface area contributed by atoms with Gasteiger partial charge in [-0.25, -0.2) is 4.39 Å². The van der Waals surface area contributed by atoms with Crippen molar-refractivity contribution < 1.29 is 31.9 Å². The molecule has 4 rings (SSSR count). The van der Waals surface area contributed by atoms with Gasteiger partial charge in [0, 0.05) is 31.2 Å². The van der Waals surface area contributed by atoms with E-state index in [1.165, 1.54) is 6.20 Å². The Balaban J connectivity index is 0.000000319.